The smallest absolute Gasteiger partial charge is 0.254 e. The van der Waals surface area contributed by atoms with Crippen LogP contribution < -0.4 is 5.32 Å². The molecule has 0 unspecified atom stereocenters. The Kier molecular flexibility index (Phi) is 6.73. The average Bonchev–Trinajstić information content (AvgIpc) is 2.81. The summed E-state index contributed by atoms with van der Waals surface area (Å²) in [7, 11) is 0. The minimum Gasteiger partial charge on any atom is -0.352 e. The molecular weight excluding hydrogens is 404 g/mol. The summed E-state index contributed by atoms with van der Waals surface area (Å²) in [5.74, 6) is -0.345. The van der Waals surface area contributed by atoms with Gasteiger partial charge in [-0.15, -0.1) is 12.6 Å². The summed E-state index contributed by atoms with van der Waals surface area (Å²) < 4.78 is 0. The lowest BCUT2D eigenvalue weighted by atomic mass is 9.90. The SMILES string of the molecule is O=C(NC1CCN(C(=O)c2ccccc2S)CC1)C(c1ccccc1)c1ccccc1. The highest BCUT2D eigenvalue weighted by Gasteiger charge is 2.28. The quantitative estimate of drug-likeness (QED) is 0.585. The molecule has 1 aliphatic heterocycles. The molecule has 1 heterocycles. The number of nitrogens with zero attached hydrogens (tertiary/aromatic N) is 1. The number of benzene rings is 3. The molecule has 3 aromatic carbocycles. The second-order valence-corrected chi connectivity index (χ2v) is 8.33. The van der Waals surface area contributed by atoms with Crippen LogP contribution in [0.15, 0.2) is 89.8 Å². The van der Waals surface area contributed by atoms with Crippen molar-refractivity contribution >= 4 is 24.4 Å². The van der Waals surface area contributed by atoms with Crippen molar-refractivity contribution in [3.8, 4) is 0 Å². The third-order valence-corrected chi connectivity index (χ3v) is 6.18. The highest BCUT2D eigenvalue weighted by molar-refractivity contribution is 7.80. The second-order valence-electron chi connectivity index (χ2n) is 7.85. The van der Waals surface area contributed by atoms with Gasteiger partial charge in [0.15, 0.2) is 0 Å². The second kappa shape index (κ2) is 9.84. The molecular formula is C26H26N2O2S. The van der Waals surface area contributed by atoms with Crippen molar-refractivity contribution in [2.45, 2.75) is 29.7 Å². The van der Waals surface area contributed by atoms with Gasteiger partial charge in [0.25, 0.3) is 5.91 Å². The maximum Gasteiger partial charge on any atom is 0.254 e. The molecule has 31 heavy (non-hydrogen) atoms. The number of hydrogen-bond acceptors (Lipinski definition) is 3. The van der Waals surface area contributed by atoms with E-state index in [0.717, 1.165) is 24.0 Å². The number of piperidine rings is 1. The van der Waals surface area contributed by atoms with E-state index in [1.807, 2.05) is 89.8 Å². The van der Waals surface area contributed by atoms with Crippen molar-refractivity contribution in [2.75, 3.05) is 13.1 Å². The van der Waals surface area contributed by atoms with Crippen LogP contribution in [0, 0.1) is 0 Å². The van der Waals surface area contributed by atoms with Gasteiger partial charge in [-0.3, -0.25) is 9.59 Å². The molecule has 1 aliphatic rings. The molecule has 0 radical (unpaired) electrons. The summed E-state index contributed by atoms with van der Waals surface area (Å²) >= 11 is 4.41. The van der Waals surface area contributed by atoms with Crippen LogP contribution in [0.5, 0.6) is 0 Å². The predicted octanol–water partition coefficient (Wildman–Crippen LogP) is 4.53. The molecule has 1 fully saturated rings. The van der Waals surface area contributed by atoms with Crippen molar-refractivity contribution in [2.24, 2.45) is 0 Å². The van der Waals surface area contributed by atoms with Gasteiger partial charge < -0.3 is 10.2 Å². The van der Waals surface area contributed by atoms with Crippen molar-refractivity contribution in [1.82, 2.24) is 10.2 Å². The van der Waals surface area contributed by atoms with Crippen molar-refractivity contribution < 1.29 is 9.59 Å². The summed E-state index contributed by atoms with van der Waals surface area (Å²) in [4.78, 5) is 28.7. The molecule has 4 rings (SSSR count). The molecule has 0 bridgehead atoms. The number of rotatable bonds is 5. The first kappa shape index (κ1) is 21.2. The van der Waals surface area contributed by atoms with Gasteiger partial charge in [-0.2, -0.15) is 0 Å². The highest BCUT2D eigenvalue weighted by atomic mass is 32.1. The van der Waals surface area contributed by atoms with Crippen LogP contribution in [0.3, 0.4) is 0 Å². The van der Waals surface area contributed by atoms with Gasteiger partial charge in [-0.05, 0) is 36.1 Å². The van der Waals surface area contributed by atoms with Gasteiger partial charge in [0.2, 0.25) is 5.91 Å². The first-order valence-corrected chi connectivity index (χ1v) is 11.1. The van der Waals surface area contributed by atoms with E-state index >= 15 is 0 Å². The Morgan fingerprint density at radius 2 is 1.32 bits per heavy atom. The van der Waals surface area contributed by atoms with Gasteiger partial charge >= 0.3 is 0 Å². The molecule has 0 aliphatic carbocycles. The summed E-state index contributed by atoms with van der Waals surface area (Å²) in [6.07, 6.45) is 1.48. The zero-order valence-electron chi connectivity index (χ0n) is 17.3. The van der Waals surface area contributed by atoms with Crippen LogP contribution in [0.2, 0.25) is 0 Å². The molecule has 158 valence electrons. The molecule has 1 saturated heterocycles. The van der Waals surface area contributed by atoms with Gasteiger partial charge in [0, 0.05) is 24.0 Å². The Bertz CT molecular complexity index is 992. The van der Waals surface area contributed by atoms with E-state index in [0.29, 0.717) is 23.5 Å². The van der Waals surface area contributed by atoms with Crippen LogP contribution in [0.1, 0.15) is 40.2 Å². The largest absolute Gasteiger partial charge is 0.352 e. The number of carbonyl (C=O) groups is 2. The van der Waals surface area contributed by atoms with Crippen LogP contribution in [-0.2, 0) is 4.79 Å². The number of thiol groups is 1. The van der Waals surface area contributed by atoms with Gasteiger partial charge in [-0.1, -0.05) is 72.8 Å². The van der Waals surface area contributed by atoms with Crippen LogP contribution in [-0.4, -0.2) is 35.8 Å². The molecule has 2 amide bonds. The fourth-order valence-electron chi connectivity index (χ4n) is 4.12. The number of hydrogen-bond donors (Lipinski definition) is 2. The van der Waals surface area contributed by atoms with Crippen molar-refractivity contribution in [1.29, 1.82) is 0 Å². The van der Waals surface area contributed by atoms with E-state index in [1.165, 1.54) is 0 Å². The number of nitrogens with one attached hydrogen (secondary N) is 1. The molecule has 0 aromatic heterocycles. The van der Waals surface area contributed by atoms with E-state index < -0.39 is 0 Å². The minimum absolute atomic E-state index is 0.00169. The lowest BCUT2D eigenvalue weighted by molar-refractivity contribution is -0.122. The van der Waals surface area contributed by atoms with Crippen LogP contribution in [0.25, 0.3) is 0 Å². The molecule has 3 aromatic rings. The van der Waals surface area contributed by atoms with Gasteiger partial charge in [0.05, 0.1) is 11.5 Å². The van der Waals surface area contributed by atoms with E-state index in [2.05, 4.69) is 17.9 Å². The Morgan fingerprint density at radius 3 is 1.87 bits per heavy atom. The fourth-order valence-corrected chi connectivity index (χ4v) is 4.38. The normalized spacial score (nSPS) is 14.5. The van der Waals surface area contributed by atoms with E-state index in [9.17, 15) is 9.59 Å². The van der Waals surface area contributed by atoms with Gasteiger partial charge in [0.1, 0.15) is 0 Å². The minimum atomic E-state index is -0.349. The average molecular weight is 431 g/mol. The summed E-state index contributed by atoms with van der Waals surface area (Å²) in [5, 5.41) is 3.23. The Morgan fingerprint density at radius 1 is 0.806 bits per heavy atom. The molecule has 1 N–H and O–H groups in total. The fraction of sp³-hybridized carbons (Fsp3) is 0.231. The lowest BCUT2D eigenvalue weighted by Crippen LogP contribution is -2.47. The summed E-state index contributed by atoms with van der Waals surface area (Å²) in [6, 6.07) is 27.1. The van der Waals surface area contributed by atoms with Crippen LogP contribution >= 0.6 is 12.6 Å². The first-order valence-electron chi connectivity index (χ1n) is 10.6. The Balaban J connectivity index is 1.42. The monoisotopic (exact) mass is 430 g/mol. The highest BCUT2D eigenvalue weighted by Crippen LogP contribution is 2.26. The first-order chi connectivity index (χ1) is 15.1. The van der Waals surface area contributed by atoms with E-state index in [1.54, 1.807) is 0 Å². The third kappa shape index (κ3) is 5.00. The summed E-state index contributed by atoms with van der Waals surface area (Å²) in [5.41, 5.74) is 2.58. The number of amides is 2. The van der Waals surface area contributed by atoms with Crippen molar-refractivity contribution in [3.63, 3.8) is 0 Å². The predicted molar refractivity (Wildman–Crippen MR) is 125 cm³/mol. The van der Waals surface area contributed by atoms with E-state index in [-0.39, 0.29) is 23.8 Å². The topological polar surface area (TPSA) is 49.4 Å². The molecule has 5 heteroatoms. The maximum absolute atomic E-state index is 13.3. The lowest BCUT2D eigenvalue weighted by Gasteiger charge is -2.33. The molecule has 0 atom stereocenters. The molecule has 4 nitrogen and oxygen atoms in total. The Labute approximate surface area is 188 Å². The van der Waals surface area contributed by atoms with Crippen LogP contribution in [0.4, 0.5) is 0 Å². The zero-order chi connectivity index (χ0) is 21.6. The Hall–Kier alpha value is -3.05. The van der Waals surface area contributed by atoms with Crippen molar-refractivity contribution in [3.05, 3.63) is 102 Å². The third-order valence-electron chi connectivity index (χ3n) is 5.79. The molecule has 0 saturated carbocycles. The molecule has 0 spiro atoms. The number of likely N-dealkylation sites (tertiary alicyclic amines) is 1. The standard InChI is InChI=1S/C26H26N2O2S/c29-25(24(19-9-3-1-4-10-19)20-11-5-2-6-12-20)27-21-15-17-28(18-16-21)26(30)22-13-7-8-14-23(22)31/h1-14,21,24,31H,15-18H2,(H,27,29). The van der Waals surface area contributed by atoms with E-state index in [4.69, 9.17) is 0 Å². The van der Waals surface area contributed by atoms with Gasteiger partial charge in [-0.25, -0.2) is 0 Å². The number of carbonyl (C=O) groups excluding carboxylic acids is 2. The maximum atomic E-state index is 13.3. The summed E-state index contributed by atoms with van der Waals surface area (Å²) in [6.45, 7) is 1.24. The zero-order valence-corrected chi connectivity index (χ0v) is 18.2.